The first-order valence-corrected chi connectivity index (χ1v) is 7.78. The number of rotatable bonds is 5. The Balaban J connectivity index is 2.17. The lowest BCUT2D eigenvalue weighted by Gasteiger charge is -2.25. The molecular formula is C18H16ClFN2O2. The third-order valence-corrected chi connectivity index (χ3v) is 4.04. The van der Waals surface area contributed by atoms with Crippen LogP contribution in [0.25, 0.3) is 10.9 Å². The SMILES string of the molecule is COc1ccc2nccc(N(CCO)c3ccc(F)c(Cl)c3)c2c1. The smallest absolute Gasteiger partial charge is 0.141 e. The van der Waals surface area contributed by atoms with Crippen LogP contribution in [0.1, 0.15) is 0 Å². The highest BCUT2D eigenvalue weighted by molar-refractivity contribution is 6.31. The monoisotopic (exact) mass is 346 g/mol. The first-order valence-electron chi connectivity index (χ1n) is 7.40. The summed E-state index contributed by atoms with van der Waals surface area (Å²) in [4.78, 5) is 6.22. The van der Waals surface area contributed by atoms with Gasteiger partial charge >= 0.3 is 0 Å². The van der Waals surface area contributed by atoms with E-state index in [-0.39, 0.29) is 11.6 Å². The highest BCUT2D eigenvalue weighted by Gasteiger charge is 2.15. The van der Waals surface area contributed by atoms with Crippen LogP contribution in [0.5, 0.6) is 5.75 Å². The highest BCUT2D eigenvalue weighted by atomic mass is 35.5. The molecule has 1 aromatic heterocycles. The number of aromatic nitrogens is 1. The van der Waals surface area contributed by atoms with Crippen LogP contribution in [-0.2, 0) is 0 Å². The van der Waals surface area contributed by atoms with Gasteiger partial charge in [0.15, 0.2) is 0 Å². The van der Waals surface area contributed by atoms with Crippen molar-refractivity contribution in [3.05, 3.63) is 59.5 Å². The zero-order chi connectivity index (χ0) is 17.1. The summed E-state index contributed by atoms with van der Waals surface area (Å²) in [5.41, 5.74) is 2.31. The lowest BCUT2D eigenvalue weighted by atomic mass is 10.1. The van der Waals surface area contributed by atoms with Gasteiger partial charge in [0.1, 0.15) is 11.6 Å². The number of ether oxygens (including phenoxy) is 1. The van der Waals surface area contributed by atoms with E-state index in [9.17, 15) is 9.50 Å². The van der Waals surface area contributed by atoms with E-state index in [1.807, 2.05) is 29.2 Å². The van der Waals surface area contributed by atoms with Crippen molar-refractivity contribution in [2.75, 3.05) is 25.2 Å². The molecule has 3 rings (SSSR count). The molecule has 0 saturated carbocycles. The molecule has 6 heteroatoms. The van der Waals surface area contributed by atoms with Crippen LogP contribution < -0.4 is 9.64 Å². The van der Waals surface area contributed by atoms with Crippen molar-refractivity contribution >= 4 is 33.9 Å². The molecule has 0 unspecified atom stereocenters. The molecule has 0 radical (unpaired) electrons. The predicted octanol–water partition coefficient (Wildman–Crippen LogP) is 4.17. The number of aliphatic hydroxyl groups is 1. The standard InChI is InChI=1S/C18H16ClFN2O2/c1-24-13-3-5-17-14(11-13)18(6-7-21-17)22(8-9-23)12-2-4-16(20)15(19)10-12/h2-7,10-11,23H,8-9H2,1H3. The molecule has 124 valence electrons. The molecule has 1 heterocycles. The lowest BCUT2D eigenvalue weighted by Crippen LogP contribution is -2.21. The van der Waals surface area contributed by atoms with Gasteiger partial charge in [-0.1, -0.05) is 11.6 Å². The van der Waals surface area contributed by atoms with Crippen molar-refractivity contribution in [2.45, 2.75) is 0 Å². The number of benzene rings is 2. The van der Waals surface area contributed by atoms with Crippen molar-refractivity contribution in [3.63, 3.8) is 0 Å². The number of pyridine rings is 1. The van der Waals surface area contributed by atoms with Gasteiger partial charge in [0, 0.05) is 23.8 Å². The van der Waals surface area contributed by atoms with Gasteiger partial charge < -0.3 is 14.7 Å². The van der Waals surface area contributed by atoms with Crippen molar-refractivity contribution in [1.29, 1.82) is 0 Å². The highest BCUT2D eigenvalue weighted by Crippen LogP contribution is 2.34. The molecule has 24 heavy (non-hydrogen) atoms. The number of hydrogen-bond acceptors (Lipinski definition) is 4. The van der Waals surface area contributed by atoms with E-state index >= 15 is 0 Å². The Morgan fingerprint density at radius 2 is 2.04 bits per heavy atom. The fourth-order valence-electron chi connectivity index (χ4n) is 2.61. The minimum absolute atomic E-state index is 0.0337. The molecule has 1 N–H and O–H groups in total. The number of nitrogens with zero attached hydrogens (tertiary/aromatic N) is 2. The molecule has 0 aliphatic carbocycles. The molecule has 0 spiro atoms. The van der Waals surface area contributed by atoms with Crippen molar-refractivity contribution < 1.29 is 14.2 Å². The second-order valence-corrected chi connectivity index (χ2v) is 5.59. The predicted molar refractivity (Wildman–Crippen MR) is 93.8 cm³/mol. The van der Waals surface area contributed by atoms with Crippen LogP contribution in [0, 0.1) is 5.82 Å². The van der Waals surface area contributed by atoms with Gasteiger partial charge in [-0.25, -0.2) is 4.39 Å². The molecular weight excluding hydrogens is 331 g/mol. The average molecular weight is 347 g/mol. The van der Waals surface area contributed by atoms with Gasteiger partial charge in [-0.15, -0.1) is 0 Å². The lowest BCUT2D eigenvalue weighted by molar-refractivity contribution is 0.306. The molecule has 4 nitrogen and oxygen atoms in total. The topological polar surface area (TPSA) is 45.6 Å². The first-order chi connectivity index (χ1) is 11.6. The van der Waals surface area contributed by atoms with Gasteiger partial charge in [-0.2, -0.15) is 0 Å². The van der Waals surface area contributed by atoms with E-state index < -0.39 is 5.82 Å². The summed E-state index contributed by atoms with van der Waals surface area (Å²) in [7, 11) is 1.60. The third kappa shape index (κ3) is 3.13. The fraction of sp³-hybridized carbons (Fsp3) is 0.167. The fourth-order valence-corrected chi connectivity index (χ4v) is 2.79. The molecule has 0 fully saturated rings. The van der Waals surface area contributed by atoms with Gasteiger partial charge in [0.25, 0.3) is 0 Å². The van der Waals surface area contributed by atoms with Crippen LogP contribution in [-0.4, -0.2) is 30.4 Å². The van der Waals surface area contributed by atoms with Crippen molar-refractivity contribution in [2.24, 2.45) is 0 Å². The van der Waals surface area contributed by atoms with Crippen LogP contribution in [0.3, 0.4) is 0 Å². The van der Waals surface area contributed by atoms with E-state index in [0.29, 0.717) is 18.0 Å². The number of halogens is 2. The Hall–Kier alpha value is -2.37. The van der Waals surface area contributed by atoms with Gasteiger partial charge in [0.2, 0.25) is 0 Å². The van der Waals surface area contributed by atoms with Crippen LogP contribution in [0.15, 0.2) is 48.7 Å². The van der Waals surface area contributed by atoms with Crippen LogP contribution >= 0.6 is 11.6 Å². The minimum Gasteiger partial charge on any atom is -0.497 e. The van der Waals surface area contributed by atoms with E-state index in [1.165, 1.54) is 6.07 Å². The second-order valence-electron chi connectivity index (χ2n) is 5.19. The molecule has 0 aliphatic rings. The maximum absolute atomic E-state index is 13.5. The molecule has 0 atom stereocenters. The van der Waals surface area contributed by atoms with E-state index in [2.05, 4.69) is 4.98 Å². The summed E-state index contributed by atoms with van der Waals surface area (Å²) in [6.45, 7) is 0.265. The Labute approximate surface area is 144 Å². The number of methoxy groups -OCH3 is 1. The van der Waals surface area contributed by atoms with E-state index in [1.54, 1.807) is 25.4 Å². The zero-order valence-electron chi connectivity index (χ0n) is 13.0. The van der Waals surface area contributed by atoms with Crippen molar-refractivity contribution in [1.82, 2.24) is 4.98 Å². The molecule has 0 saturated heterocycles. The average Bonchev–Trinajstić information content (AvgIpc) is 2.61. The number of hydrogen-bond donors (Lipinski definition) is 1. The van der Waals surface area contributed by atoms with Gasteiger partial charge in [0.05, 0.1) is 29.9 Å². The summed E-state index contributed by atoms with van der Waals surface area (Å²) < 4.78 is 18.8. The zero-order valence-corrected chi connectivity index (χ0v) is 13.8. The van der Waals surface area contributed by atoms with Crippen LogP contribution in [0.4, 0.5) is 15.8 Å². The quantitative estimate of drug-likeness (QED) is 0.753. The van der Waals surface area contributed by atoms with E-state index in [4.69, 9.17) is 16.3 Å². The van der Waals surface area contributed by atoms with Crippen molar-refractivity contribution in [3.8, 4) is 5.75 Å². The summed E-state index contributed by atoms with van der Waals surface area (Å²) in [6, 6.07) is 11.9. The molecule has 3 aromatic rings. The normalized spacial score (nSPS) is 10.8. The third-order valence-electron chi connectivity index (χ3n) is 3.75. The summed E-state index contributed by atoms with van der Waals surface area (Å²) >= 11 is 5.91. The Morgan fingerprint density at radius 1 is 1.21 bits per heavy atom. The van der Waals surface area contributed by atoms with Gasteiger partial charge in [-0.05, 0) is 42.5 Å². The molecule has 2 aromatic carbocycles. The maximum atomic E-state index is 13.5. The summed E-state index contributed by atoms with van der Waals surface area (Å²) in [5, 5.41) is 10.4. The molecule has 0 aliphatic heterocycles. The summed E-state index contributed by atoms with van der Waals surface area (Å²) in [5.74, 6) is 0.225. The van der Waals surface area contributed by atoms with Gasteiger partial charge in [-0.3, -0.25) is 4.98 Å². The van der Waals surface area contributed by atoms with Crippen LogP contribution in [0.2, 0.25) is 5.02 Å². The van der Waals surface area contributed by atoms with E-state index in [0.717, 1.165) is 16.6 Å². The minimum atomic E-state index is -0.481. The Kier molecular flexibility index (Phi) is 4.83. The Bertz CT molecular complexity index is 873. The Morgan fingerprint density at radius 3 is 2.75 bits per heavy atom. The number of anilines is 2. The largest absolute Gasteiger partial charge is 0.497 e. The number of aliphatic hydroxyl groups excluding tert-OH is 1. The maximum Gasteiger partial charge on any atom is 0.141 e. The second kappa shape index (κ2) is 7.03. The molecule has 0 bridgehead atoms. The first kappa shape index (κ1) is 16.5. The number of fused-ring (bicyclic) bond motifs is 1. The molecule has 0 amide bonds. The summed E-state index contributed by atoms with van der Waals surface area (Å²) in [6.07, 6.45) is 1.69.